The van der Waals surface area contributed by atoms with Crippen molar-refractivity contribution in [3.8, 4) is 23.2 Å². The predicted octanol–water partition coefficient (Wildman–Crippen LogP) is 5.58. The minimum absolute atomic E-state index is 0.0635. The van der Waals surface area contributed by atoms with Crippen molar-refractivity contribution in [3.05, 3.63) is 48.6 Å². The van der Waals surface area contributed by atoms with Gasteiger partial charge in [0.1, 0.15) is 23.6 Å². The molecule has 1 saturated carbocycles. The maximum Gasteiger partial charge on any atom is 0.490 e. The number of carboxylic acid groups (broad SMARTS) is 3. The fraction of sp³-hybridized carbons (Fsp3) is 0.514. The molecule has 0 bridgehead atoms. The number of ether oxygens (including phenoxy) is 2. The van der Waals surface area contributed by atoms with Gasteiger partial charge < -0.3 is 35.1 Å². The Morgan fingerprint density at radius 1 is 0.908 bits per heavy atom. The molecule has 18 nitrogen and oxygen atoms in total. The molecular weight excluding hydrogens is 916 g/mol. The Balaban J connectivity index is 0.000000443. The van der Waals surface area contributed by atoms with Crippen LogP contribution in [0.5, 0.6) is 5.88 Å². The molecular formula is C35H36F12N10O8. The number of aliphatic carboxylic acids is 3. The number of rotatable bonds is 11. The zero-order valence-electron chi connectivity index (χ0n) is 33.2. The molecule has 0 radical (unpaired) electrons. The first-order valence-electron chi connectivity index (χ1n) is 18.3. The van der Waals surface area contributed by atoms with Gasteiger partial charge in [-0.25, -0.2) is 29.3 Å². The maximum absolute atomic E-state index is 13.5. The fourth-order valence-corrected chi connectivity index (χ4v) is 6.10. The highest BCUT2D eigenvalue weighted by molar-refractivity contribution is 5.90. The number of carboxylic acids is 3. The average Bonchev–Trinajstić information content (AvgIpc) is 3.89. The van der Waals surface area contributed by atoms with E-state index >= 15 is 0 Å². The van der Waals surface area contributed by atoms with E-state index in [2.05, 4.69) is 46.3 Å². The van der Waals surface area contributed by atoms with Gasteiger partial charge in [-0.2, -0.15) is 68.0 Å². The molecule has 1 aliphatic carbocycles. The lowest BCUT2D eigenvalue weighted by molar-refractivity contribution is -0.193. The van der Waals surface area contributed by atoms with Crippen molar-refractivity contribution < 1.29 is 91.9 Å². The maximum atomic E-state index is 13.5. The van der Waals surface area contributed by atoms with Crippen LogP contribution in [-0.2, 0) is 37.4 Å². The molecule has 6 rings (SSSR count). The Kier molecular flexibility index (Phi) is 18.0. The molecule has 0 spiro atoms. The molecule has 2 aliphatic rings. The zero-order valence-corrected chi connectivity index (χ0v) is 33.2. The number of alkyl halides is 12. The van der Waals surface area contributed by atoms with E-state index < -0.39 is 54.0 Å². The second kappa shape index (κ2) is 22.0. The molecule has 4 aromatic rings. The van der Waals surface area contributed by atoms with Crippen LogP contribution >= 0.6 is 0 Å². The lowest BCUT2D eigenvalue weighted by Gasteiger charge is -2.53. The van der Waals surface area contributed by atoms with Gasteiger partial charge in [0.05, 0.1) is 36.7 Å². The third-order valence-corrected chi connectivity index (χ3v) is 9.07. The Labute approximate surface area is 357 Å². The van der Waals surface area contributed by atoms with Crippen LogP contribution in [0, 0.1) is 11.3 Å². The van der Waals surface area contributed by atoms with E-state index in [1.807, 2.05) is 23.1 Å². The number of nitrogens with one attached hydrogen (secondary N) is 2. The van der Waals surface area contributed by atoms with Gasteiger partial charge in [-0.1, -0.05) is 0 Å². The molecule has 5 heterocycles. The summed E-state index contributed by atoms with van der Waals surface area (Å²) in [5.74, 6) is -9.54. The zero-order chi connectivity index (χ0) is 49.0. The summed E-state index contributed by atoms with van der Waals surface area (Å²) in [4.78, 5) is 48.2. The SMILES string of the molecule is COCCNCc1cc(OC2CCC(N3CC(CC#N)(n4cc(-c5ncnc6[nH]ccc56)cn4)C3)CC2)nc(C(F)(F)F)n1.O=C(O)C(F)(F)F.O=C(O)C(F)(F)F.O=C(O)C(F)(F)F. The first-order chi connectivity index (χ1) is 30.1. The highest BCUT2D eigenvalue weighted by Crippen LogP contribution is 2.39. The van der Waals surface area contributed by atoms with Crippen molar-refractivity contribution >= 4 is 28.9 Å². The van der Waals surface area contributed by atoms with Gasteiger partial charge >= 0.3 is 42.6 Å². The number of halogens is 12. The third kappa shape index (κ3) is 15.7. The summed E-state index contributed by atoms with van der Waals surface area (Å²) in [6.07, 6.45) is -9.76. The van der Waals surface area contributed by atoms with Gasteiger partial charge in [0, 0.05) is 68.7 Å². The standard InChI is InChI=1S/C29H33F3N10O2.3C2HF3O2/c1-43-11-10-34-14-20-12-24(40-27(39-20)29(30,31)32)44-22-4-2-21(3-5-22)41-16-28(17-41,7-8-33)42-15-19(13-38-42)25-23-6-9-35-26(23)37-18-36-25;3*3-2(4,5)1(6)7/h6,9,12-13,15,18,21-22,34H,2-5,7,10-11,14,16-17H2,1H3,(H,35,36,37);3*(H,6,7). The van der Waals surface area contributed by atoms with E-state index in [1.54, 1.807) is 13.3 Å². The van der Waals surface area contributed by atoms with Crippen LogP contribution in [0.15, 0.2) is 37.1 Å². The number of aromatic nitrogens is 7. The molecule has 2 fully saturated rings. The Hall–Kier alpha value is -6.35. The molecule has 0 aromatic carbocycles. The first-order valence-corrected chi connectivity index (χ1v) is 18.3. The van der Waals surface area contributed by atoms with Gasteiger partial charge in [0.25, 0.3) is 0 Å². The number of hydrogen-bond donors (Lipinski definition) is 5. The predicted molar refractivity (Wildman–Crippen MR) is 193 cm³/mol. The van der Waals surface area contributed by atoms with E-state index in [0.29, 0.717) is 45.5 Å². The molecule has 30 heteroatoms. The van der Waals surface area contributed by atoms with Crippen molar-refractivity contribution in [1.29, 1.82) is 5.26 Å². The van der Waals surface area contributed by atoms with Gasteiger partial charge in [-0.15, -0.1) is 0 Å². The highest BCUT2D eigenvalue weighted by atomic mass is 19.4. The molecule has 1 aliphatic heterocycles. The summed E-state index contributed by atoms with van der Waals surface area (Å²) in [6.45, 7) is 2.42. The summed E-state index contributed by atoms with van der Waals surface area (Å²) in [5.41, 5.74) is 2.16. The van der Waals surface area contributed by atoms with E-state index in [-0.39, 0.29) is 30.3 Å². The minimum Gasteiger partial charge on any atom is -0.475 e. The second-order valence-corrected chi connectivity index (χ2v) is 13.7. The number of nitrogens with zero attached hydrogens (tertiary/aromatic N) is 8. The smallest absolute Gasteiger partial charge is 0.475 e. The summed E-state index contributed by atoms with van der Waals surface area (Å²) in [5, 5.41) is 39.6. The second-order valence-electron chi connectivity index (χ2n) is 13.7. The van der Waals surface area contributed by atoms with E-state index in [4.69, 9.17) is 39.2 Å². The van der Waals surface area contributed by atoms with Crippen LogP contribution in [0.4, 0.5) is 52.7 Å². The van der Waals surface area contributed by atoms with Crippen molar-refractivity contribution in [2.45, 2.75) is 81.0 Å². The van der Waals surface area contributed by atoms with Crippen molar-refractivity contribution in [3.63, 3.8) is 0 Å². The average molecular weight is 953 g/mol. The van der Waals surface area contributed by atoms with Gasteiger partial charge in [0.2, 0.25) is 11.7 Å². The molecule has 1 saturated heterocycles. The summed E-state index contributed by atoms with van der Waals surface area (Å²) >= 11 is 0. The van der Waals surface area contributed by atoms with Crippen LogP contribution in [0.3, 0.4) is 0 Å². The number of likely N-dealkylation sites (tertiary alicyclic amines) is 1. The Bertz CT molecular complexity index is 2190. The highest BCUT2D eigenvalue weighted by Gasteiger charge is 2.48. The minimum atomic E-state index is -5.08. The molecule has 0 atom stereocenters. The summed E-state index contributed by atoms with van der Waals surface area (Å²) < 4.78 is 148. The Morgan fingerprint density at radius 2 is 1.48 bits per heavy atom. The molecule has 0 amide bonds. The molecule has 358 valence electrons. The normalized spacial score (nSPS) is 17.4. The monoisotopic (exact) mass is 952 g/mol. The van der Waals surface area contributed by atoms with Crippen LogP contribution in [0.2, 0.25) is 0 Å². The quantitative estimate of drug-likeness (QED) is 0.0909. The van der Waals surface area contributed by atoms with Gasteiger partial charge in [0.15, 0.2) is 0 Å². The molecule has 65 heavy (non-hydrogen) atoms. The van der Waals surface area contributed by atoms with E-state index in [9.17, 15) is 57.9 Å². The summed E-state index contributed by atoms with van der Waals surface area (Å²) in [6, 6.07) is 6.02. The number of carbonyl (C=O) groups is 3. The van der Waals surface area contributed by atoms with Crippen molar-refractivity contribution in [2.24, 2.45) is 0 Å². The van der Waals surface area contributed by atoms with Crippen molar-refractivity contribution in [2.75, 3.05) is 33.4 Å². The number of nitriles is 1. The topological polar surface area (TPSA) is 255 Å². The fourth-order valence-electron chi connectivity index (χ4n) is 6.10. The lowest BCUT2D eigenvalue weighted by atomic mass is 9.82. The number of methoxy groups -OCH3 is 1. The van der Waals surface area contributed by atoms with Crippen LogP contribution in [0.1, 0.15) is 43.6 Å². The number of aromatic amines is 1. The number of hydrogen-bond acceptors (Lipinski definition) is 13. The molecule has 0 unspecified atom stereocenters. The lowest BCUT2D eigenvalue weighted by Crippen LogP contribution is -2.65. The summed E-state index contributed by atoms with van der Waals surface area (Å²) in [7, 11) is 1.55. The number of fused-ring (bicyclic) bond motifs is 1. The van der Waals surface area contributed by atoms with Gasteiger partial charge in [-0.05, 0) is 31.7 Å². The van der Waals surface area contributed by atoms with Crippen LogP contribution in [0.25, 0.3) is 22.3 Å². The molecule has 5 N–H and O–H groups in total. The third-order valence-electron chi connectivity index (χ3n) is 9.07. The van der Waals surface area contributed by atoms with Crippen LogP contribution < -0.4 is 10.1 Å². The van der Waals surface area contributed by atoms with Gasteiger partial charge in [-0.3, -0.25) is 9.58 Å². The van der Waals surface area contributed by atoms with E-state index in [0.717, 1.165) is 35.1 Å². The largest absolute Gasteiger partial charge is 0.490 e. The van der Waals surface area contributed by atoms with Crippen molar-refractivity contribution in [1.82, 2.24) is 44.9 Å². The first kappa shape index (κ1) is 53.0. The number of H-pyrrole nitrogens is 1. The Morgan fingerprint density at radius 3 is 1.98 bits per heavy atom. The van der Waals surface area contributed by atoms with Crippen LogP contribution in [-0.4, -0.2) is 137 Å². The molecule has 4 aromatic heterocycles. The van der Waals surface area contributed by atoms with E-state index in [1.165, 1.54) is 12.4 Å².